The summed E-state index contributed by atoms with van der Waals surface area (Å²) in [6.45, 7) is 3.88. The van der Waals surface area contributed by atoms with Gasteiger partial charge < -0.3 is 19.1 Å². The van der Waals surface area contributed by atoms with Crippen molar-refractivity contribution >= 4 is 17.2 Å². The highest BCUT2D eigenvalue weighted by Crippen LogP contribution is 2.25. The van der Waals surface area contributed by atoms with Gasteiger partial charge in [0.2, 0.25) is 0 Å². The molecular weight excluding hydrogens is 426 g/mol. The molecule has 7 nitrogen and oxygen atoms in total. The maximum absolute atomic E-state index is 12.5. The predicted octanol–water partition coefficient (Wildman–Crippen LogP) is 3.55. The second kappa shape index (κ2) is 10.5. The molecule has 0 radical (unpaired) electrons. The van der Waals surface area contributed by atoms with Crippen molar-refractivity contribution in [2.75, 3.05) is 47.0 Å². The Balaban J connectivity index is 1.23. The minimum Gasteiger partial charge on any atom is -0.497 e. The van der Waals surface area contributed by atoms with Crippen LogP contribution in [0.2, 0.25) is 0 Å². The Morgan fingerprint density at radius 1 is 0.906 bits per heavy atom. The summed E-state index contributed by atoms with van der Waals surface area (Å²) in [7, 11) is 3.28. The van der Waals surface area contributed by atoms with Crippen LogP contribution in [0.4, 0.5) is 0 Å². The minimum absolute atomic E-state index is 0.0107. The molecule has 1 amide bonds. The van der Waals surface area contributed by atoms with Crippen LogP contribution in [0.1, 0.15) is 5.01 Å². The van der Waals surface area contributed by atoms with Crippen LogP contribution < -0.4 is 14.2 Å². The zero-order valence-electron chi connectivity index (χ0n) is 18.3. The molecule has 3 aromatic rings. The van der Waals surface area contributed by atoms with Gasteiger partial charge in [-0.2, -0.15) is 0 Å². The van der Waals surface area contributed by atoms with E-state index < -0.39 is 0 Å². The smallest absolute Gasteiger partial charge is 0.260 e. The third-order valence-electron chi connectivity index (χ3n) is 5.44. The van der Waals surface area contributed by atoms with Gasteiger partial charge in [-0.25, -0.2) is 4.98 Å². The molecule has 1 saturated heterocycles. The number of amides is 1. The van der Waals surface area contributed by atoms with Crippen LogP contribution in [0.5, 0.6) is 17.2 Å². The Hall–Kier alpha value is -3.10. The summed E-state index contributed by atoms with van der Waals surface area (Å²) < 4.78 is 16.0. The maximum atomic E-state index is 12.5. The Morgan fingerprint density at radius 3 is 2.12 bits per heavy atom. The highest BCUT2D eigenvalue weighted by molar-refractivity contribution is 7.09. The largest absolute Gasteiger partial charge is 0.497 e. The molecule has 0 spiro atoms. The molecule has 1 aliphatic rings. The van der Waals surface area contributed by atoms with E-state index in [9.17, 15) is 4.79 Å². The van der Waals surface area contributed by atoms with Crippen molar-refractivity contribution in [2.45, 2.75) is 6.54 Å². The van der Waals surface area contributed by atoms with E-state index in [0.29, 0.717) is 18.8 Å². The summed E-state index contributed by atoms with van der Waals surface area (Å²) in [5.41, 5.74) is 2.07. The Bertz CT molecular complexity index is 1010. The molecule has 2 aromatic carbocycles. The van der Waals surface area contributed by atoms with E-state index in [0.717, 1.165) is 47.4 Å². The van der Waals surface area contributed by atoms with E-state index in [4.69, 9.17) is 19.2 Å². The summed E-state index contributed by atoms with van der Waals surface area (Å²) in [5, 5.41) is 3.17. The number of aromatic nitrogens is 1. The second-order valence-corrected chi connectivity index (χ2v) is 8.42. The maximum Gasteiger partial charge on any atom is 0.260 e. The number of nitrogens with zero attached hydrogens (tertiary/aromatic N) is 3. The number of hydrogen-bond acceptors (Lipinski definition) is 7. The number of rotatable bonds is 8. The van der Waals surface area contributed by atoms with Gasteiger partial charge in [-0.3, -0.25) is 9.69 Å². The lowest BCUT2D eigenvalue weighted by atomic mass is 10.2. The van der Waals surface area contributed by atoms with Crippen LogP contribution in [0.15, 0.2) is 53.9 Å². The average molecular weight is 454 g/mol. The highest BCUT2D eigenvalue weighted by atomic mass is 32.1. The Labute approximate surface area is 192 Å². The fourth-order valence-electron chi connectivity index (χ4n) is 3.53. The molecule has 8 heteroatoms. The molecule has 1 fully saturated rings. The van der Waals surface area contributed by atoms with E-state index in [2.05, 4.69) is 10.3 Å². The number of carbonyl (C=O) groups excluding carboxylic acids is 1. The van der Waals surface area contributed by atoms with Gasteiger partial charge in [0.05, 0.1) is 26.5 Å². The first-order valence-corrected chi connectivity index (χ1v) is 11.4. The Kier molecular flexibility index (Phi) is 7.24. The number of thiazole rings is 1. The zero-order chi connectivity index (χ0) is 22.3. The normalized spacial score (nSPS) is 14.2. The fourth-order valence-corrected chi connectivity index (χ4v) is 4.38. The van der Waals surface area contributed by atoms with Gasteiger partial charge in [-0.1, -0.05) is 0 Å². The van der Waals surface area contributed by atoms with Crippen molar-refractivity contribution in [1.82, 2.24) is 14.8 Å². The van der Waals surface area contributed by atoms with Gasteiger partial charge in [0.1, 0.15) is 22.3 Å². The van der Waals surface area contributed by atoms with Crippen LogP contribution >= 0.6 is 11.3 Å². The average Bonchev–Trinajstić information content (AvgIpc) is 3.32. The van der Waals surface area contributed by atoms with E-state index in [1.807, 2.05) is 41.3 Å². The number of methoxy groups -OCH3 is 2. The summed E-state index contributed by atoms with van der Waals surface area (Å²) in [6, 6.07) is 15.2. The summed E-state index contributed by atoms with van der Waals surface area (Å²) >= 11 is 1.67. The number of ether oxygens (including phenoxy) is 3. The lowest BCUT2D eigenvalue weighted by Gasteiger charge is -2.34. The van der Waals surface area contributed by atoms with Gasteiger partial charge in [0.25, 0.3) is 5.91 Å². The van der Waals surface area contributed by atoms with E-state index in [-0.39, 0.29) is 12.5 Å². The first-order chi connectivity index (χ1) is 15.6. The zero-order valence-corrected chi connectivity index (χ0v) is 19.1. The van der Waals surface area contributed by atoms with Crippen LogP contribution in [0, 0.1) is 0 Å². The first kappa shape index (κ1) is 22.1. The van der Waals surface area contributed by atoms with Crippen molar-refractivity contribution in [2.24, 2.45) is 0 Å². The molecule has 4 rings (SSSR count). The van der Waals surface area contributed by atoms with Crippen LogP contribution in [-0.2, 0) is 11.3 Å². The van der Waals surface area contributed by atoms with Crippen LogP contribution in [0.25, 0.3) is 11.3 Å². The quantitative estimate of drug-likeness (QED) is 0.520. The van der Waals surface area contributed by atoms with E-state index >= 15 is 0 Å². The molecule has 0 bridgehead atoms. The predicted molar refractivity (Wildman–Crippen MR) is 124 cm³/mol. The van der Waals surface area contributed by atoms with E-state index in [1.165, 1.54) is 0 Å². The third kappa shape index (κ3) is 5.57. The van der Waals surface area contributed by atoms with Gasteiger partial charge in [-0.05, 0) is 48.5 Å². The minimum atomic E-state index is 0.0107. The molecule has 0 N–H and O–H groups in total. The molecule has 0 unspecified atom stereocenters. The van der Waals surface area contributed by atoms with Gasteiger partial charge in [0.15, 0.2) is 6.61 Å². The van der Waals surface area contributed by atoms with Crippen molar-refractivity contribution < 1.29 is 19.0 Å². The highest BCUT2D eigenvalue weighted by Gasteiger charge is 2.22. The first-order valence-electron chi connectivity index (χ1n) is 10.5. The van der Waals surface area contributed by atoms with Gasteiger partial charge in [-0.15, -0.1) is 11.3 Å². The summed E-state index contributed by atoms with van der Waals surface area (Å²) in [6.07, 6.45) is 0. The van der Waals surface area contributed by atoms with Crippen molar-refractivity contribution in [3.63, 3.8) is 0 Å². The lowest BCUT2D eigenvalue weighted by molar-refractivity contribution is -0.135. The number of hydrogen-bond donors (Lipinski definition) is 0. The summed E-state index contributed by atoms with van der Waals surface area (Å²) in [5.74, 6) is 2.27. The molecular formula is C24H27N3O4S. The standard InChI is InChI=1S/C24H27N3O4S/c1-29-19-5-3-18(4-6-19)22-17-32-23(25-22)15-26-11-13-27(14-12-26)24(28)16-31-21-9-7-20(30-2)8-10-21/h3-10,17H,11-16H2,1-2H3. The molecule has 0 atom stereocenters. The van der Waals surface area contributed by atoms with Gasteiger partial charge in [0, 0.05) is 37.1 Å². The Morgan fingerprint density at radius 2 is 1.50 bits per heavy atom. The SMILES string of the molecule is COc1ccc(OCC(=O)N2CCN(Cc3nc(-c4ccc(OC)cc4)cs3)CC2)cc1. The van der Waals surface area contributed by atoms with Crippen LogP contribution in [0.3, 0.4) is 0 Å². The lowest BCUT2D eigenvalue weighted by Crippen LogP contribution is -2.49. The third-order valence-corrected chi connectivity index (χ3v) is 6.28. The van der Waals surface area contributed by atoms with E-state index in [1.54, 1.807) is 37.7 Å². The number of carbonyl (C=O) groups is 1. The molecule has 0 aliphatic carbocycles. The van der Waals surface area contributed by atoms with Crippen molar-refractivity contribution in [3.8, 4) is 28.5 Å². The fraction of sp³-hybridized carbons (Fsp3) is 0.333. The number of benzene rings is 2. The summed E-state index contributed by atoms with van der Waals surface area (Å²) in [4.78, 5) is 21.5. The van der Waals surface area contributed by atoms with Crippen molar-refractivity contribution in [1.29, 1.82) is 0 Å². The molecule has 32 heavy (non-hydrogen) atoms. The van der Waals surface area contributed by atoms with Crippen LogP contribution in [-0.4, -0.2) is 67.7 Å². The van der Waals surface area contributed by atoms with Crippen molar-refractivity contribution in [3.05, 3.63) is 58.9 Å². The molecule has 2 heterocycles. The molecule has 1 aromatic heterocycles. The molecule has 1 aliphatic heterocycles. The topological polar surface area (TPSA) is 64.1 Å². The molecule has 168 valence electrons. The monoisotopic (exact) mass is 453 g/mol. The number of piperazine rings is 1. The van der Waals surface area contributed by atoms with Gasteiger partial charge >= 0.3 is 0 Å². The second-order valence-electron chi connectivity index (χ2n) is 7.48. The molecule has 0 saturated carbocycles.